The number of pyridine rings is 1. The van der Waals surface area contributed by atoms with Crippen molar-refractivity contribution in [3.63, 3.8) is 0 Å². The van der Waals surface area contributed by atoms with Gasteiger partial charge in [-0.05, 0) is 35.4 Å². The van der Waals surface area contributed by atoms with Crippen LogP contribution >= 0.6 is 0 Å². The zero-order chi connectivity index (χ0) is 18.1. The Morgan fingerprint density at radius 3 is 2.58 bits per heavy atom. The van der Waals surface area contributed by atoms with Gasteiger partial charge in [0.05, 0.1) is 0 Å². The lowest BCUT2D eigenvalue weighted by molar-refractivity contribution is -0.118. The van der Waals surface area contributed by atoms with Crippen LogP contribution in [0.5, 0.6) is 11.5 Å². The van der Waals surface area contributed by atoms with Crippen molar-refractivity contribution in [1.82, 2.24) is 10.3 Å². The van der Waals surface area contributed by atoms with Gasteiger partial charge < -0.3 is 10.1 Å². The number of nitrogens with one attached hydrogen (secondary N) is 1. The first-order valence-electron chi connectivity index (χ1n) is 8.43. The molecule has 6 heteroatoms. The van der Waals surface area contributed by atoms with Crippen LogP contribution in [-0.4, -0.2) is 23.0 Å². The average molecular weight is 347 g/mol. The van der Waals surface area contributed by atoms with E-state index in [2.05, 4.69) is 10.3 Å². The summed E-state index contributed by atoms with van der Waals surface area (Å²) in [5.74, 6) is 1.13. The van der Waals surface area contributed by atoms with Crippen molar-refractivity contribution in [2.45, 2.75) is 19.4 Å². The van der Waals surface area contributed by atoms with E-state index in [0.29, 0.717) is 17.9 Å². The molecule has 2 heterocycles. The second-order valence-electron chi connectivity index (χ2n) is 6.04. The molecule has 1 aromatic heterocycles. The molecule has 1 fully saturated rings. The Morgan fingerprint density at radius 1 is 1.04 bits per heavy atom. The van der Waals surface area contributed by atoms with Crippen LogP contribution in [0.2, 0.25) is 0 Å². The molecule has 1 N–H and O–H groups in total. The van der Waals surface area contributed by atoms with Crippen molar-refractivity contribution in [3.8, 4) is 11.5 Å². The van der Waals surface area contributed by atoms with Crippen molar-refractivity contribution in [2.24, 2.45) is 0 Å². The first-order valence-corrected chi connectivity index (χ1v) is 8.43. The predicted molar refractivity (Wildman–Crippen MR) is 98.4 cm³/mol. The third-order valence-electron chi connectivity index (χ3n) is 4.33. The first kappa shape index (κ1) is 16.1. The molecule has 1 saturated heterocycles. The van der Waals surface area contributed by atoms with Gasteiger partial charge in [-0.25, -0.2) is 14.7 Å². The maximum Gasteiger partial charge on any atom is 0.330 e. The van der Waals surface area contributed by atoms with Crippen molar-refractivity contribution in [3.05, 3.63) is 60.8 Å². The molecule has 0 bridgehead atoms. The fourth-order valence-electron chi connectivity index (χ4n) is 2.98. The molecular formula is C20H17N3O3. The molecule has 6 nitrogen and oxygen atoms in total. The van der Waals surface area contributed by atoms with Crippen LogP contribution in [0.15, 0.2) is 60.8 Å². The molecule has 0 unspecified atom stereocenters. The minimum Gasteiger partial charge on any atom is -0.457 e. The van der Waals surface area contributed by atoms with Gasteiger partial charge in [0.25, 0.3) is 5.91 Å². The van der Waals surface area contributed by atoms with E-state index < -0.39 is 12.1 Å². The highest BCUT2D eigenvalue weighted by molar-refractivity contribution is 6.20. The number of carbonyl (C=O) groups excluding carboxylic acids is 2. The van der Waals surface area contributed by atoms with Crippen molar-refractivity contribution in [1.29, 1.82) is 0 Å². The molecule has 1 atom stereocenters. The number of imide groups is 1. The van der Waals surface area contributed by atoms with E-state index in [-0.39, 0.29) is 11.7 Å². The quantitative estimate of drug-likeness (QED) is 0.728. The van der Waals surface area contributed by atoms with Gasteiger partial charge in [0.15, 0.2) is 0 Å². The van der Waals surface area contributed by atoms with Crippen LogP contribution in [0.1, 0.15) is 13.3 Å². The van der Waals surface area contributed by atoms with E-state index in [4.69, 9.17) is 4.74 Å². The van der Waals surface area contributed by atoms with E-state index in [9.17, 15) is 9.59 Å². The minimum atomic E-state index is -0.505. The molecule has 0 radical (unpaired) electrons. The van der Waals surface area contributed by atoms with Crippen LogP contribution < -0.4 is 15.0 Å². The number of anilines is 1. The number of rotatable bonds is 4. The van der Waals surface area contributed by atoms with Gasteiger partial charge in [-0.2, -0.15) is 0 Å². The normalized spacial score (nSPS) is 16.8. The standard InChI is InChI=1S/C20H17N3O3/c1-2-17-19(24)23(20(25)22-17)18-12-16(9-10-21-18)26-15-8-7-13-5-3-4-6-14(13)11-15/h3-12,17H,2H2,1H3,(H,22,25)/t17-/m1/s1. The van der Waals surface area contributed by atoms with E-state index in [1.165, 1.54) is 6.20 Å². The predicted octanol–water partition coefficient (Wildman–Crippen LogP) is 3.86. The van der Waals surface area contributed by atoms with Crippen LogP contribution in [0.4, 0.5) is 10.6 Å². The lowest BCUT2D eigenvalue weighted by atomic mass is 10.1. The Bertz CT molecular complexity index is 1000. The zero-order valence-corrected chi connectivity index (χ0v) is 14.2. The lowest BCUT2D eigenvalue weighted by Crippen LogP contribution is -2.31. The summed E-state index contributed by atoms with van der Waals surface area (Å²) < 4.78 is 5.90. The highest BCUT2D eigenvalue weighted by Gasteiger charge is 2.38. The first-order chi connectivity index (χ1) is 12.7. The van der Waals surface area contributed by atoms with Crippen molar-refractivity contribution >= 4 is 28.5 Å². The SMILES string of the molecule is CC[C@H]1NC(=O)N(c2cc(Oc3ccc4ccccc4c3)ccn2)C1=O. The van der Waals surface area contributed by atoms with Crippen molar-refractivity contribution in [2.75, 3.05) is 4.90 Å². The fourth-order valence-corrected chi connectivity index (χ4v) is 2.98. The third-order valence-corrected chi connectivity index (χ3v) is 4.33. The largest absolute Gasteiger partial charge is 0.457 e. The molecule has 1 aliphatic rings. The Labute approximate surface area is 150 Å². The number of hydrogen-bond acceptors (Lipinski definition) is 4. The Balaban J connectivity index is 1.61. The number of ether oxygens (including phenoxy) is 1. The van der Waals surface area contributed by atoms with Crippen LogP contribution in [0, 0.1) is 0 Å². The maximum absolute atomic E-state index is 12.3. The highest BCUT2D eigenvalue weighted by Crippen LogP contribution is 2.28. The summed E-state index contributed by atoms with van der Waals surface area (Å²) in [7, 11) is 0. The summed E-state index contributed by atoms with van der Waals surface area (Å²) in [5, 5.41) is 4.84. The molecule has 0 saturated carbocycles. The van der Waals surface area contributed by atoms with Gasteiger partial charge in [-0.3, -0.25) is 4.79 Å². The summed E-state index contributed by atoms with van der Waals surface area (Å²) in [4.78, 5) is 29.6. The summed E-state index contributed by atoms with van der Waals surface area (Å²) in [6.45, 7) is 1.85. The molecule has 0 aliphatic carbocycles. The van der Waals surface area contributed by atoms with E-state index in [1.54, 1.807) is 12.1 Å². The smallest absolute Gasteiger partial charge is 0.330 e. The number of carbonyl (C=O) groups is 2. The second kappa shape index (κ2) is 6.48. The van der Waals surface area contributed by atoms with E-state index in [1.807, 2.05) is 49.4 Å². The van der Waals surface area contributed by atoms with E-state index >= 15 is 0 Å². The zero-order valence-electron chi connectivity index (χ0n) is 14.2. The molecule has 3 aromatic rings. The number of urea groups is 1. The summed E-state index contributed by atoms with van der Waals surface area (Å²) in [5.41, 5.74) is 0. The van der Waals surface area contributed by atoms with E-state index in [0.717, 1.165) is 15.7 Å². The Hall–Kier alpha value is -3.41. The Morgan fingerprint density at radius 2 is 1.81 bits per heavy atom. The number of hydrogen-bond donors (Lipinski definition) is 1. The second-order valence-corrected chi connectivity index (χ2v) is 6.04. The van der Waals surface area contributed by atoms with Crippen LogP contribution in [-0.2, 0) is 4.79 Å². The monoisotopic (exact) mass is 347 g/mol. The summed E-state index contributed by atoms with van der Waals surface area (Å²) >= 11 is 0. The number of amides is 3. The Kier molecular flexibility index (Phi) is 4.01. The number of nitrogens with zero attached hydrogens (tertiary/aromatic N) is 2. The van der Waals surface area contributed by atoms with Gasteiger partial charge in [-0.15, -0.1) is 0 Å². The topological polar surface area (TPSA) is 71.5 Å². The third kappa shape index (κ3) is 2.86. The van der Waals surface area contributed by atoms with Crippen LogP contribution in [0.3, 0.4) is 0 Å². The molecule has 4 rings (SSSR count). The number of aromatic nitrogens is 1. The minimum absolute atomic E-state index is 0.252. The maximum atomic E-state index is 12.3. The summed E-state index contributed by atoms with van der Waals surface area (Å²) in [6, 6.07) is 16.1. The van der Waals surface area contributed by atoms with Gasteiger partial charge in [-0.1, -0.05) is 37.3 Å². The molecule has 0 spiro atoms. The average Bonchev–Trinajstić information content (AvgIpc) is 2.95. The van der Waals surface area contributed by atoms with Gasteiger partial charge >= 0.3 is 6.03 Å². The number of benzene rings is 2. The van der Waals surface area contributed by atoms with Gasteiger partial charge in [0, 0.05) is 12.3 Å². The molecule has 130 valence electrons. The van der Waals surface area contributed by atoms with Gasteiger partial charge in [0.1, 0.15) is 23.4 Å². The molecular weight excluding hydrogens is 330 g/mol. The van der Waals surface area contributed by atoms with Crippen LogP contribution in [0.25, 0.3) is 10.8 Å². The van der Waals surface area contributed by atoms with Crippen molar-refractivity contribution < 1.29 is 14.3 Å². The fraction of sp³-hybridized carbons (Fsp3) is 0.150. The molecule has 26 heavy (non-hydrogen) atoms. The molecule has 3 amide bonds. The highest BCUT2D eigenvalue weighted by atomic mass is 16.5. The molecule has 2 aromatic carbocycles. The lowest BCUT2D eigenvalue weighted by Gasteiger charge is -2.13. The van der Waals surface area contributed by atoms with Gasteiger partial charge in [0.2, 0.25) is 0 Å². The number of fused-ring (bicyclic) bond motifs is 1. The molecule has 1 aliphatic heterocycles. The summed E-state index contributed by atoms with van der Waals surface area (Å²) in [6.07, 6.45) is 2.06.